The van der Waals surface area contributed by atoms with Crippen molar-refractivity contribution in [1.82, 2.24) is 4.98 Å². The summed E-state index contributed by atoms with van der Waals surface area (Å²) in [7, 11) is 0. The molecular formula is C12H8N2O2. The number of benzene rings is 1. The van der Waals surface area contributed by atoms with Crippen LogP contribution in [0.2, 0.25) is 0 Å². The number of fused-ring (bicyclic) bond motifs is 3. The minimum atomic E-state index is -0.364. The Morgan fingerprint density at radius 3 is 2.94 bits per heavy atom. The van der Waals surface area contributed by atoms with Gasteiger partial charge < -0.3 is 0 Å². The fourth-order valence-electron chi connectivity index (χ4n) is 2.11. The first-order chi connectivity index (χ1) is 7.75. The van der Waals surface area contributed by atoms with Crippen LogP contribution in [-0.4, -0.2) is 9.91 Å². The Hall–Kier alpha value is -2.23. The number of aromatic nitrogens is 1. The van der Waals surface area contributed by atoms with Crippen molar-refractivity contribution < 1.29 is 4.92 Å². The van der Waals surface area contributed by atoms with E-state index < -0.39 is 0 Å². The smallest absolute Gasteiger partial charge is 0.260 e. The molecular weight excluding hydrogens is 204 g/mol. The van der Waals surface area contributed by atoms with Crippen LogP contribution >= 0.6 is 0 Å². The van der Waals surface area contributed by atoms with Gasteiger partial charge in [-0.1, -0.05) is 6.07 Å². The Kier molecular flexibility index (Phi) is 1.77. The standard InChI is InChI=1S/C12H8N2O2/c15-14(16)9-3-4-10-8(6-9)7-12-11(10)2-1-5-13-12/h1-6H,7H2. The molecule has 0 unspecified atom stereocenters. The Labute approximate surface area is 91.7 Å². The highest BCUT2D eigenvalue weighted by Gasteiger charge is 2.21. The van der Waals surface area contributed by atoms with E-state index in [4.69, 9.17) is 0 Å². The van der Waals surface area contributed by atoms with Crippen molar-refractivity contribution in [3.8, 4) is 11.1 Å². The Morgan fingerprint density at radius 1 is 1.25 bits per heavy atom. The molecule has 1 aromatic carbocycles. The maximum Gasteiger partial charge on any atom is 0.269 e. The van der Waals surface area contributed by atoms with E-state index in [2.05, 4.69) is 4.98 Å². The molecule has 0 aliphatic heterocycles. The topological polar surface area (TPSA) is 56.0 Å². The van der Waals surface area contributed by atoms with Gasteiger partial charge in [-0.2, -0.15) is 0 Å². The maximum atomic E-state index is 10.7. The zero-order valence-electron chi connectivity index (χ0n) is 8.38. The predicted molar refractivity (Wildman–Crippen MR) is 59.1 cm³/mol. The first-order valence-electron chi connectivity index (χ1n) is 4.97. The molecule has 16 heavy (non-hydrogen) atoms. The predicted octanol–water partition coefficient (Wildman–Crippen LogP) is 2.56. The van der Waals surface area contributed by atoms with Crippen LogP contribution in [-0.2, 0) is 6.42 Å². The lowest BCUT2D eigenvalue weighted by atomic mass is 10.1. The normalized spacial score (nSPS) is 12.0. The van der Waals surface area contributed by atoms with E-state index in [1.165, 1.54) is 0 Å². The summed E-state index contributed by atoms with van der Waals surface area (Å²) in [5.41, 5.74) is 4.29. The quantitative estimate of drug-likeness (QED) is 0.460. The molecule has 0 saturated heterocycles. The molecule has 0 radical (unpaired) electrons. The van der Waals surface area contributed by atoms with E-state index in [-0.39, 0.29) is 10.6 Å². The summed E-state index contributed by atoms with van der Waals surface area (Å²) in [6.45, 7) is 0. The van der Waals surface area contributed by atoms with Crippen molar-refractivity contribution in [2.75, 3.05) is 0 Å². The van der Waals surface area contributed by atoms with Crippen molar-refractivity contribution >= 4 is 5.69 Å². The highest BCUT2D eigenvalue weighted by Crippen LogP contribution is 2.36. The Balaban J connectivity index is 2.18. The molecule has 4 heteroatoms. The van der Waals surface area contributed by atoms with E-state index in [0.717, 1.165) is 22.4 Å². The van der Waals surface area contributed by atoms with Crippen molar-refractivity contribution in [3.05, 3.63) is 57.9 Å². The molecule has 4 nitrogen and oxygen atoms in total. The average molecular weight is 212 g/mol. The van der Waals surface area contributed by atoms with Crippen LogP contribution in [0.25, 0.3) is 11.1 Å². The molecule has 0 fully saturated rings. The molecule has 1 aliphatic rings. The number of pyridine rings is 1. The van der Waals surface area contributed by atoms with Gasteiger partial charge in [-0.3, -0.25) is 15.1 Å². The van der Waals surface area contributed by atoms with Gasteiger partial charge in [0.1, 0.15) is 0 Å². The maximum absolute atomic E-state index is 10.7. The summed E-state index contributed by atoms with van der Waals surface area (Å²) in [6, 6.07) is 8.87. The monoisotopic (exact) mass is 212 g/mol. The number of rotatable bonds is 1. The second-order valence-corrected chi connectivity index (χ2v) is 3.77. The van der Waals surface area contributed by atoms with E-state index in [0.29, 0.717) is 6.42 Å². The summed E-state index contributed by atoms with van der Waals surface area (Å²) in [5.74, 6) is 0. The molecule has 1 aliphatic carbocycles. The number of nitrogens with zero attached hydrogens (tertiary/aromatic N) is 2. The Bertz CT molecular complexity index is 593. The van der Waals surface area contributed by atoms with E-state index in [1.807, 2.05) is 12.1 Å². The SMILES string of the molecule is O=[N+]([O-])c1ccc2c(c1)Cc1ncccc1-2. The molecule has 1 heterocycles. The molecule has 78 valence electrons. The van der Waals surface area contributed by atoms with Crippen LogP contribution in [0.3, 0.4) is 0 Å². The number of nitro groups is 1. The summed E-state index contributed by atoms with van der Waals surface area (Å²) < 4.78 is 0. The number of hydrogen-bond acceptors (Lipinski definition) is 3. The van der Waals surface area contributed by atoms with Crippen molar-refractivity contribution in [1.29, 1.82) is 0 Å². The third-order valence-electron chi connectivity index (χ3n) is 2.84. The molecule has 1 aromatic heterocycles. The highest BCUT2D eigenvalue weighted by atomic mass is 16.6. The summed E-state index contributed by atoms with van der Waals surface area (Å²) in [6.07, 6.45) is 2.44. The molecule has 2 aromatic rings. The van der Waals surface area contributed by atoms with E-state index in [1.54, 1.807) is 24.4 Å². The van der Waals surface area contributed by atoms with Gasteiger partial charge in [0.2, 0.25) is 0 Å². The van der Waals surface area contributed by atoms with Crippen molar-refractivity contribution in [2.45, 2.75) is 6.42 Å². The largest absolute Gasteiger partial charge is 0.269 e. The van der Waals surface area contributed by atoms with Gasteiger partial charge in [0.25, 0.3) is 5.69 Å². The van der Waals surface area contributed by atoms with Crippen LogP contribution in [0.5, 0.6) is 0 Å². The second-order valence-electron chi connectivity index (χ2n) is 3.77. The van der Waals surface area contributed by atoms with Crippen molar-refractivity contribution in [2.24, 2.45) is 0 Å². The zero-order chi connectivity index (χ0) is 11.1. The van der Waals surface area contributed by atoms with Crippen LogP contribution < -0.4 is 0 Å². The van der Waals surface area contributed by atoms with Crippen molar-refractivity contribution in [3.63, 3.8) is 0 Å². The average Bonchev–Trinajstić information content (AvgIpc) is 2.66. The fraction of sp³-hybridized carbons (Fsp3) is 0.0833. The van der Waals surface area contributed by atoms with Crippen LogP contribution in [0.4, 0.5) is 5.69 Å². The summed E-state index contributed by atoms with van der Waals surface area (Å²) in [5, 5.41) is 10.7. The molecule has 0 N–H and O–H groups in total. The van der Waals surface area contributed by atoms with E-state index in [9.17, 15) is 10.1 Å². The van der Waals surface area contributed by atoms with Gasteiger partial charge in [-0.15, -0.1) is 0 Å². The lowest BCUT2D eigenvalue weighted by molar-refractivity contribution is -0.384. The molecule has 0 atom stereocenters. The first kappa shape index (κ1) is 9.03. The molecule has 3 rings (SSSR count). The molecule has 0 amide bonds. The van der Waals surface area contributed by atoms with Gasteiger partial charge in [-0.05, 0) is 23.3 Å². The van der Waals surface area contributed by atoms with E-state index >= 15 is 0 Å². The lowest BCUT2D eigenvalue weighted by Crippen LogP contribution is -1.89. The second kappa shape index (κ2) is 3.13. The minimum Gasteiger partial charge on any atom is -0.260 e. The number of non-ortho nitro benzene ring substituents is 1. The van der Waals surface area contributed by atoms with Gasteiger partial charge in [0, 0.05) is 30.3 Å². The van der Waals surface area contributed by atoms with Gasteiger partial charge in [0.15, 0.2) is 0 Å². The summed E-state index contributed by atoms with van der Waals surface area (Å²) >= 11 is 0. The third-order valence-corrected chi connectivity index (χ3v) is 2.84. The molecule has 0 bridgehead atoms. The zero-order valence-corrected chi connectivity index (χ0v) is 8.38. The minimum absolute atomic E-state index is 0.145. The van der Waals surface area contributed by atoms with Gasteiger partial charge in [0.05, 0.1) is 10.6 Å². The lowest BCUT2D eigenvalue weighted by Gasteiger charge is -1.99. The van der Waals surface area contributed by atoms with Gasteiger partial charge >= 0.3 is 0 Å². The number of hydrogen-bond donors (Lipinski definition) is 0. The van der Waals surface area contributed by atoms with Crippen LogP contribution in [0, 0.1) is 10.1 Å². The number of nitro benzene ring substituents is 1. The first-order valence-corrected chi connectivity index (χ1v) is 4.97. The molecule has 0 saturated carbocycles. The Morgan fingerprint density at radius 2 is 2.12 bits per heavy atom. The molecule has 0 spiro atoms. The third kappa shape index (κ3) is 1.20. The summed E-state index contributed by atoms with van der Waals surface area (Å²) in [4.78, 5) is 14.6. The van der Waals surface area contributed by atoms with Crippen LogP contribution in [0.1, 0.15) is 11.3 Å². The highest BCUT2D eigenvalue weighted by molar-refractivity contribution is 5.76. The van der Waals surface area contributed by atoms with Crippen LogP contribution in [0.15, 0.2) is 36.5 Å². The van der Waals surface area contributed by atoms with Gasteiger partial charge in [-0.25, -0.2) is 0 Å². The fourth-order valence-corrected chi connectivity index (χ4v) is 2.11.